The van der Waals surface area contributed by atoms with Gasteiger partial charge >= 0.3 is 5.97 Å². The average molecular weight is 322 g/mol. The van der Waals surface area contributed by atoms with Crippen LogP contribution in [0.5, 0.6) is 0 Å². The predicted octanol–water partition coefficient (Wildman–Crippen LogP) is 3.87. The molecule has 0 bridgehead atoms. The molecular weight excluding hydrogens is 302 g/mol. The summed E-state index contributed by atoms with van der Waals surface area (Å²) in [7, 11) is 0. The molecule has 1 aliphatic rings. The monoisotopic (exact) mass is 321 g/mol. The Hall–Kier alpha value is -1.81. The molecule has 0 saturated carbocycles. The second kappa shape index (κ2) is 7.45. The second-order valence-electron chi connectivity index (χ2n) is 5.50. The van der Waals surface area contributed by atoms with Gasteiger partial charge in [-0.25, -0.2) is 0 Å². The van der Waals surface area contributed by atoms with Gasteiger partial charge in [-0.3, -0.25) is 9.59 Å². The summed E-state index contributed by atoms with van der Waals surface area (Å²) in [6, 6.07) is 5.27. The zero-order valence-electron chi connectivity index (χ0n) is 12.8. The fourth-order valence-electron chi connectivity index (χ4n) is 2.36. The number of ether oxygens (including phenoxy) is 1. The lowest BCUT2D eigenvalue weighted by molar-refractivity contribution is -0.153. The zero-order chi connectivity index (χ0) is 16.1. The number of benzene rings is 1. The fraction of sp³-hybridized carbons (Fsp3) is 0.412. The number of esters is 1. The van der Waals surface area contributed by atoms with E-state index < -0.39 is 6.10 Å². The second-order valence-corrected chi connectivity index (χ2v) is 5.91. The molecule has 1 aromatic carbocycles. The number of carbonyl (C=O) groups is 2. The number of anilines is 1. The van der Waals surface area contributed by atoms with Crippen molar-refractivity contribution in [2.24, 2.45) is 5.92 Å². The van der Waals surface area contributed by atoms with Crippen LogP contribution in [0.3, 0.4) is 0 Å². The van der Waals surface area contributed by atoms with E-state index in [0.717, 1.165) is 18.4 Å². The Morgan fingerprint density at radius 2 is 2.23 bits per heavy atom. The van der Waals surface area contributed by atoms with Crippen molar-refractivity contribution in [3.63, 3.8) is 0 Å². The smallest absolute Gasteiger partial charge is 0.307 e. The zero-order valence-corrected chi connectivity index (χ0v) is 13.5. The maximum absolute atomic E-state index is 12.1. The van der Waals surface area contributed by atoms with Gasteiger partial charge in [-0.15, -0.1) is 0 Å². The third kappa shape index (κ3) is 4.34. The first-order valence-corrected chi connectivity index (χ1v) is 7.77. The Balaban J connectivity index is 1.87. The molecule has 22 heavy (non-hydrogen) atoms. The summed E-state index contributed by atoms with van der Waals surface area (Å²) in [4.78, 5) is 23.9. The van der Waals surface area contributed by atoms with E-state index in [0.29, 0.717) is 17.1 Å². The van der Waals surface area contributed by atoms with Gasteiger partial charge in [0, 0.05) is 10.7 Å². The average Bonchev–Trinajstić information content (AvgIpc) is 2.96. The number of nitrogens with one attached hydrogen (secondary N) is 1. The third-order valence-corrected chi connectivity index (χ3v) is 4.15. The van der Waals surface area contributed by atoms with Gasteiger partial charge in [-0.05, 0) is 50.3 Å². The first kappa shape index (κ1) is 16.6. The summed E-state index contributed by atoms with van der Waals surface area (Å²) in [6.45, 7) is 3.39. The molecule has 1 aromatic rings. The number of amides is 1. The minimum Gasteiger partial charge on any atom is -0.453 e. The Kier molecular flexibility index (Phi) is 5.61. The van der Waals surface area contributed by atoms with Gasteiger partial charge in [0.15, 0.2) is 6.10 Å². The first-order chi connectivity index (χ1) is 10.5. The fourth-order valence-corrected chi connectivity index (χ4v) is 2.53. The van der Waals surface area contributed by atoms with Crippen LogP contribution in [-0.2, 0) is 14.3 Å². The van der Waals surface area contributed by atoms with E-state index in [-0.39, 0.29) is 17.8 Å². The summed E-state index contributed by atoms with van der Waals surface area (Å²) >= 11 is 6.01. The molecule has 0 heterocycles. The quantitative estimate of drug-likeness (QED) is 0.661. The maximum Gasteiger partial charge on any atom is 0.307 e. The molecule has 1 aliphatic carbocycles. The molecule has 0 saturated heterocycles. The van der Waals surface area contributed by atoms with Crippen molar-refractivity contribution in [3.8, 4) is 0 Å². The topological polar surface area (TPSA) is 55.4 Å². The Morgan fingerprint density at radius 3 is 2.91 bits per heavy atom. The summed E-state index contributed by atoms with van der Waals surface area (Å²) in [5.41, 5.74) is 1.41. The maximum atomic E-state index is 12.1. The van der Waals surface area contributed by atoms with Crippen LogP contribution in [0.4, 0.5) is 5.69 Å². The van der Waals surface area contributed by atoms with E-state index >= 15 is 0 Å². The number of allylic oxidation sites excluding steroid dienone is 2. The van der Waals surface area contributed by atoms with E-state index in [1.54, 1.807) is 25.1 Å². The van der Waals surface area contributed by atoms with Crippen molar-refractivity contribution in [2.75, 3.05) is 5.32 Å². The van der Waals surface area contributed by atoms with Gasteiger partial charge in [-0.1, -0.05) is 29.8 Å². The van der Waals surface area contributed by atoms with Crippen molar-refractivity contribution < 1.29 is 14.3 Å². The Labute approximate surface area is 135 Å². The Bertz CT molecular complexity index is 598. The number of halogens is 1. The number of hydrogen-bond acceptors (Lipinski definition) is 3. The van der Waals surface area contributed by atoms with Crippen LogP contribution in [0.2, 0.25) is 5.02 Å². The van der Waals surface area contributed by atoms with Crippen LogP contribution in [0.15, 0.2) is 30.4 Å². The summed E-state index contributed by atoms with van der Waals surface area (Å²) in [6.07, 6.45) is 5.55. The standard InChI is InChI=1S/C17H20ClNO3/c1-11-14(18)8-5-9-15(11)19-17(21)12(2)22-16(20)10-13-6-3-4-7-13/h3,5-6,8-9,12-13H,4,7,10H2,1-2H3,(H,19,21)/t12-,13-/m0/s1. The molecule has 1 amide bonds. The predicted molar refractivity (Wildman–Crippen MR) is 86.9 cm³/mol. The molecular formula is C17H20ClNO3. The molecule has 118 valence electrons. The minimum atomic E-state index is -0.837. The summed E-state index contributed by atoms with van der Waals surface area (Å²) in [5.74, 6) is -0.472. The number of carbonyl (C=O) groups excluding carboxylic acids is 2. The third-order valence-electron chi connectivity index (χ3n) is 3.74. The molecule has 2 rings (SSSR count). The van der Waals surface area contributed by atoms with Gasteiger partial charge in [0.25, 0.3) is 5.91 Å². The van der Waals surface area contributed by atoms with Crippen LogP contribution in [0, 0.1) is 12.8 Å². The normalized spacial score (nSPS) is 18.0. The summed E-state index contributed by atoms with van der Waals surface area (Å²) in [5, 5.41) is 3.31. The molecule has 2 atom stereocenters. The van der Waals surface area contributed by atoms with Crippen molar-refractivity contribution in [3.05, 3.63) is 40.9 Å². The van der Waals surface area contributed by atoms with E-state index in [9.17, 15) is 9.59 Å². The number of hydrogen-bond donors (Lipinski definition) is 1. The molecule has 0 aliphatic heterocycles. The molecule has 0 unspecified atom stereocenters. The largest absolute Gasteiger partial charge is 0.453 e. The molecule has 5 heteroatoms. The Morgan fingerprint density at radius 1 is 1.45 bits per heavy atom. The minimum absolute atomic E-state index is 0.234. The highest BCUT2D eigenvalue weighted by molar-refractivity contribution is 6.31. The van der Waals surface area contributed by atoms with E-state index in [4.69, 9.17) is 16.3 Å². The van der Waals surface area contributed by atoms with Crippen molar-refractivity contribution in [2.45, 2.75) is 39.2 Å². The molecule has 4 nitrogen and oxygen atoms in total. The van der Waals surface area contributed by atoms with Gasteiger partial charge in [0.1, 0.15) is 0 Å². The molecule has 1 N–H and O–H groups in total. The van der Waals surface area contributed by atoms with Crippen LogP contribution in [-0.4, -0.2) is 18.0 Å². The van der Waals surface area contributed by atoms with Gasteiger partial charge in [-0.2, -0.15) is 0 Å². The highest BCUT2D eigenvalue weighted by Crippen LogP contribution is 2.23. The van der Waals surface area contributed by atoms with E-state index in [2.05, 4.69) is 11.4 Å². The van der Waals surface area contributed by atoms with E-state index in [1.807, 2.05) is 13.0 Å². The van der Waals surface area contributed by atoms with Gasteiger partial charge in [0.2, 0.25) is 0 Å². The molecule has 0 radical (unpaired) electrons. The lowest BCUT2D eigenvalue weighted by atomic mass is 10.1. The highest BCUT2D eigenvalue weighted by atomic mass is 35.5. The molecule has 0 spiro atoms. The van der Waals surface area contributed by atoms with E-state index in [1.165, 1.54) is 0 Å². The number of rotatable bonds is 5. The SMILES string of the molecule is Cc1c(Cl)cccc1NC(=O)[C@H](C)OC(=O)C[C@H]1C=CCC1. The lowest BCUT2D eigenvalue weighted by Gasteiger charge is -2.16. The molecule has 0 fully saturated rings. The van der Waals surface area contributed by atoms with Crippen molar-refractivity contribution >= 4 is 29.2 Å². The van der Waals surface area contributed by atoms with Crippen LogP contribution >= 0.6 is 11.6 Å². The molecule has 0 aromatic heterocycles. The van der Waals surface area contributed by atoms with Gasteiger partial charge < -0.3 is 10.1 Å². The van der Waals surface area contributed by atoms with Crippen molar-refractivity contribution in [1.29, 1.82) is 0 Å². The van der Waals surface area contributed by atoms with Gasteiger partial charge in [0.05, 0.1) is 6.42 Å². The van der Waals surface area contributed by atoms with Crippen LogP contribution in [0.25, 0.3) is 0 Å². The van der Waals surface area contributed by atoms with Crippen molar-refractivity contribution in [1.82, 2.24) is 0 Å². The highest BCUT2D eigenvalue weighted by Gasteiger charge is 2.21. The lowest BCUT2D eigenvalue weighted by Crippen LogP contribution is -2.30. The van der Waals surface area contributed by atoms with Crippen LogP contribution < -0.4 is 5.32 Å². The first-order valence-electron chi connectivity index (χ1n) is 7.39. The summed E-state index contributed by atoms with van der Waals surface area (Å²) < 4.78 is 5.20. The van der Waals surface area contributed by atoms with Crippen LogP contribution in [0.1, 0.15) is 31.7 Å².